The fraction of sp³-hybridized carbons (Fsp3) is 0.529. The number of alkyl halides is 3. The van der Waals surface area contributed by atoms with Gasteiger partial charge >= 0.3 is 6.36 Å². The molecule has 0 unspecified atom stereocenters. The molecular formula is C17H19F3N2O3. The zero-order valence-electron chi connectivity index (χ0n) is 13.9. The summed E-state index contributed by atoms with van der Waals surface area (Å²) in [6.45, 7) is 0. The Morgan fingerprint density at radius 3 is 1.96 bits per heavy atom. The maximum absolute atomic E-state index is 12.7. The van der Waals surface area contributed by atoms with Gasteiger partial charge < -0.3 is 15.0 Å². The molecule has 0 heterocycles. The third kappa shape index (κ3) is 3.17. The number of carbonyl (C=O) groups excluding carboxylic acids is 2. The van der Waals surface area contributed by atoms with Crippen molar-refractivity contribution in [3.63, 3.8) is 0 Å². The Morgan fingerprint density at radius 1 is 1.04 bits per heavy atom. The highest BCUT2D eigenvalue weighted by atomic mass is 19.4. The van der Waals surface area contributed by atoms with Crippen LogP contribution in [0, 0.1) is 10.8 Å². The molecule has 136 valence electrons. The molecule has 1 aromatic rings. The molecule has 8 heteroatoms. The van der Waals surface area contributed by atoms with Gasteiger partial charge in [0.1, 0.15) is 5.75 Å². The van der Waals surface area contributed by atoms with Crippen LogP contribution in [0.2, 0.25) is 0 Å². The Balaban J connectivity index is 1.70. The largest absolute Gasteiger partial charge is 0.573 e. The van der Waals surface area contributed by atoms with Crippen LogP contribution in [0.4, 0.5) is 18.9 Å². The number of carbonyl (C=O) groups is 2. The lowest BCUT2D eigenvalue weighted by atomic mass is 9.83. The Morgan fingerprint density at radius 2 is 1.56 bits per heavy atom. The van der Waals surface area contributed by atoms with E-state index in [0.717, 1.165) is 12.1 Å². The Hall–Kier alpha value is -2.25. The van der Waals surface area contributed by atoms with E-state index in [1.807, 2.05) is 0 Å². The van der Waals surface area contributed by atoms with Gasteiger partial charge in [-0.3, -0.25) is 9.59 Å². The van der Waals surface area contributed by atoms with E-state index in [2.05, 4.69) is 10.1 Å². The van der Waals surface area contributed by atoms with E-state index < -0.39 is 17.2 Å². The molecule has 2 amide bonds. The number of nitrogens with one attached hydrogen (secondary N) is 1. The van der Waals surface area contributed by atoms with Crippen molar-refractivity contribution in [1.29, 1.82) is 0 Å². The highest BCUT2D eigenvalue weighted by molar-refractivity contribution is 6.03. The zero-order valence-corrected chi connectivity index (χ0v) is 13.9. The summed E-state index contributed by atoms with van der Waals surface area (Å²) in [4.78, 5) is 26.7. The van der Waals surface area contributed by atoms with Crippen LogP contribution < -0.4 is 10.1 Å². The first-order chi connectivity index (χ1) is 11.6. The Kier molecular flexibility index (Phi) is 3.96. The second kappa shape index (κ2) is 5.64. The van der Waals surface area contributed by atoms with Crippen LogP contribution in [0.5, 0.6) is 5.75 Å². The van der Waals surface area contributed by atoms with Gasteiger partial charge in [0, 0.05) is 19.8 Å². The molecule has 0 bridgehead atoms. The quantitative estimate of drug-likeness (QED) is 0.882. The van der Waals surface area contributed by atoms with Crippen molar-refractivity contribution in [1.82, 2.24) is 4.90 Å². The molecule has 1 aromatic carbocycles. The molecule has 2 saturated carbocycles. The number of benzene rings is 1. The number of rotatable bonds is 5. The summed E-state index contributed by atoms with van der Waals surface area (Å²) < 4.78 is 40.3. The molecule has 5 nitrogen and oxygen atoms in total. The van der Waals surface area contributed by atoms with Crippen molar-refractivity contribution in [2.45, 2.75) is 32.0 Å². The monoisotopic (exact) mass is 356 g/mol. The molecule has 1 N–H and O–H groups in total. The molecule has 0 radical (unpaired) electrons. The first-order valence-electron chi connectivity index (χ1n) is 7.99. The summed E-state index contributed by atoms with van der Waals surface area (Å²) in [7, 11) is 3.35. The Bertz CT molecular complexity index is 690. The summed E-state index contributed by atoms with van der Waals surface area (Å²) in [5.41, 5.74) is -0.950. The summed E-state index contributed by atoms with van der Waals surface area (Å²) in [5.74, 6) is -0.633. The molecule has 2 aliphatic rings. The standard InChI is InChI=1S/C17H19F3N2O3/c1-22(2)14(24)16(9-10-16)15(7-8-15)13(23)21-11-3-5-12(6-4-11)25-17(18,19)20/h3-6H,7-10H2,1-2H3,(H,21,23). The second-order valence-corrected chi connectivity index (χ2v) is 6.89. The average Bonchev–Trinajstić information content (AvgIpc) is 3.39. The van der Waals surface area contributed by atoms with Crippen LogP contribution in [0.3, 0.4) is 0 Å². The van der Waals surface area contributed by atoms with Crippen molar-refractivity contribution in [3.05, 3.63) is 24.3 Å². The van der Waals surface area contributed by atoms with Crippen molar-refractivity contribution in [3.8, 4) is 5.75 Å². The zero-order chi connectivity index (χ0) is 18.5. The lowest BCUT2D eigenvalue weighted by Crippen LogP contribution is -2.42. The van der Waals surface area contributed by atoms with Crippen LogP contribution in [0.15, 0.2) is 24.3 Å². The molecule has 0 spiro atoms. The summed E-state index contributed by atoms with van der Waals surface area (Å²) >= 11 is 0. The van der Waals surface area contributed by atoms with Crippen LogP contribution in [0.1, 0.15) is 25.7 Å². The Labute approximate surface area is 143 Å². The van der Waals surface area contributed by atoms with Gasteiger partial charge in [0.05, 0.1) is 10.8 Å². The summed E-state index contributed by atoms with van der Waals surface area (Å²) in [5, 5.41) is 2.73. The topological polar surface area (TPSA) is 58.6 Å². The molecular weight excluding hydrogens is 337 g/mol. The normalized spacial score (nSPS) is 19.7. The molecule has 2 aliphatic carbocycles. The number of ether oxygens (including phenoxy) is 1. The van der Waals surface area contributed by atoms with Crippen LogP contribution >= 0.6 is 0 Å². The van der Waals surface area contributed by atoms with E-state index in [4.69, 9.17) is 0 Å². The number of hydrogen-bond acceptors (Lipinski definition) is 3. The van der Waals surface area contributed by atoms with Gasteiger partial charge in [-0.1, -0.05) is 0 Å². The highest BCUT2D eigenvalue weighted by Crippen LogP contribution is 2.71. The van der Waals surface area contributed by atoms with E-state index >= 15 is 0 Å². The van der Waals surface area contributed by atoms with Crippen LogP contribution in [-0.2, 0) is 9.59 Å². The van der Waals surface area contributed by atoms with Crippen LogP contribution in [-0.4, -0.2) is 37.2 Å². The lowest BCUT2D eigenvalue weighted by Gasteiger charge is -2.27. The van der Waals surface area contributed by atoms with Crippen molar-refractivity contribution >= 4 is 17.5 Å². The van der Waals surface area contributed by atoms with E-state index in [-0.39, 0.29) is 17.6 Å². The number of hydrogen-bond donors (Lipinski definition) is 1. The first-order valence-corrected chi connectivity index (χ1v) is 7.99. The third-order valence-electron chi connectivity index (χ3n) is 5.01. The minimum atomic E-state index is -4.76. The predicted octanol–water partition coefficient (Wildman–Crippen LogP) is 3.17. The van der Waals surface area contributed by atoms with Gasteiger partial charge in [-0.15, -0.1) is 13.2 Å². The summed E-state index contributed by atoms with van der Waals surface area (Å²) in [6, 6.07) is 4.98. The third-order valence-corrected chi connectivity index (χ3v) is 5.01. The summed E-state index contributed by atoms with van der Waals surface area (Å²) in [6.07, 6.45) is -2.08. The smallest absolute Gasteiger partial charge is 0.406 e. The number of amides is 2. The molecule has 3 rings (SSSR count). The fourth-order valence-corrected chi connectivity index (χ4v) is 3.49. The SMILES string of the molecule is CN(C)C(=O)C1(C2(C(=O)Nc3ccc(OC(F)(F)F)cc3)CC2)CC1. The molecule has 2 fully saturated rings. The van der Waals surface area contributed by atoms with E-state index in [0.29, 0.717) is 31.4 Å². The van der Waals surface area contributed by atoms with Crippen molar-refractivity contribution in [2.75, 3.05) is 19.4 Å². The van der Waals surface area contributed by atoms with Crippen molar-refractivity contribution < 1.29 is 27.5 Å². The van der Waals surface area contributed by atoms with Crippen LogP contribution in [0.25, 0.3) is 0 Å². The molecule has 0 aliphatic heterocycles. The lowest BCUT2D eigenvalue weighted by molar-refractivity contribution is -0.274. The molecule has 0 atom stereocenters. The number of anilines is 1. The molecule has 25 heavy (non-hydrogen) atoms. The number of nitrogens with zero attached hydrogens (tertiary/aromatic N) is 1. The van der Waals surface area contributed by atoms with Gasteiger partial charge in [-0.2, -0.15) is 0 Å². The van der Waals surface area contributed by atoms with E-state index in [1.165, 1.54) is 17.0 Å². The maximum atomic E-state index is 12.7. The fourth-order valence-electron chi connectivity index (χ4n) is 3.49. The van der Waals surface area contributed by atoms with E-state index in [9.17, 15) is 22.8 Å². The van der Waals surface area contributed by atoms with Gasteiger partial charge in [0.15, 0.2) is 0 Å². The minimum absolute atomic E-state index is 0.0333. The van der Waals surface area contributed by atoms with Gasteiger partial charge in [-0.25, -0.2) is 0 Å². The predicted molar refractivity (Wildman–Crippen MR) is 83.8 cm³/mol. The van der Waals surface area contributed by atoms with E-state index in [1.54, 1.807) is 14.1 Å². The highest BCUT2D eigenvalue weighted by Gasteiger charge is 2.73. The first kappa shape index (κ1) is 17.6. The van der Waals surface area contributed by atoms with Crippen molar-refractivity contribution in [2.24, 2.45) is 10.8 Å². The maximum Gasteiger partial charge on any atom is 0.573 e. The van der Waals surface area contributed by atoms with Gasteiger partial charge in [0.2, 0.25) is 11.8 Å². The number of halogens is 3. The second-order valence-electron chi connectivity index (χ2n) is 6.89. The minimum Gasteiger partial charge on any atom is -0.406 e. The average molecular weight is 356 g/mol. The molecule has 0 aromatic heterocycles. The van der Waals surface area contributed by atoms with Gasteiger partial charge in [-0.05, 0) is 49.9 Å². The molecule has 0 saturated heterocycles. The van der Waals surface area contributed by atoms with Gasteiger partial charge in [0.25, 0.3) is 0 Å².